The molecule has 0 N–H and O–H groups in total. The molecule has 0 radical (unpaired) electrons. The number of rotatable bonds is 4. The Morgan fingerprint density at radius 1 is 0.291 bits per heavy atom. The number of hydrogen-bond acceptors (Lipinski definition) is 0. The highest BCUT2D eigenvalue weighted by Crippen LogP contribution is 2.40. The lowest BCUT2D eigenvalue weighted by Gasteiger charge is -2.31. The van der Waals surface area contributed by atoms with E-state index < -0.39 is 8.07 Å². The summed E-state index contributed by atoms with van der Waals surface area (Å²) in [7, 11) is -2.66. The lowest BCUT2D eigenvalue weighted by Crippen LogP contribution is -2.72. The van der Waals surface area contributed by atoms with Gasteiger partial charge in [0, 0.05) is 32.9 Å². The van der Waals surface area contributed by atoms with Crippen LogP contribution in [0.4, 0.5) is 0 Å². The Morgan fingerprint density at radius 2 is 0.818 bits per heavy atom. The molecule has 9 aromatic carbocycles. The van der Waals surface area contributed by atoms with E-state index >= 15 is 0 Å². The van der Waals surface area contributed by atoms with Gasteiger partial charge in [0.15, 0.2) is 8.07 Å². The van der Waals surface area contributed by atoms with E-state index in [9.17, 15) is 0 Å². The zero-order chi connectivity index (χ0) is 36.1. The molecule has 0 fully saturated rings. The summed E-state index contributed by atoms with van der Waals surface area (Å²) in [5.74, 6) is 0. The van der Waals surface area contributed by atoms with Crippen molar-refractivity contribution in [2.24, 2.45) is 0 Å². The minimum atomic E-state index is -2.66. The first-order valence-electron chi connectivity index (χ1n) is 19.1. The molecule has 0 aliphatic carbocycles. The molecule has 0 bridgehead atoms. The van der Waals surface area contributed by atoms with Gasteiger partial charge in [-0.2, -0.15) is 0 Å². The molecule has 0 unspecified atom stereocenters. The summed E-state index contributed by atoms with van der Waals surface area (Å²) < 4.78 is 4.97. The van der Waals surface area contributed by atoms with E-state index in [1.54, 1.807) is 0 Å². The summed E-state index contributed by atoms with van der Waals surface area (Å²) in [6.45, 7) is 0. The molecule has 0 spiro atoms. The molecule has 3 heteroatoms. The van der Waals surface area contributed by atoms with Gasteiger partial charge in [0.25, 0.3) is 0 Å². The second-order valence-corrected chi connectivity index (χ2v) is 18.6. The lowest BCUT2D eigenvalue weighted by atomic mass is 10.1. The molecule has 256 valence electrons. The van der Waals surface area contributed by atoms with Gasteiger partial charge < -0.3 is 9.13 Å². The van der Waals surface area contributed by atoms with Gasteiger partial charge in [0.1, 0.15) is 0 Å². The number of nitrogens with zero attached hydrogens (tertiary/aromatic N) is 2. The number of benzene rings is 9. The van der Waals surface area contributed by atoms with Gasteiger partial charge in [-0.05, 0) is 91.2 Å². The highest BCUT2D eigenvalue weighted by Gasteiger charge is 2.48. The first-order valence-corrected chi connectivity index (χ1v) is 21.1. The molecule has 11 aromatic rings. The normalized spacial score (nSPS) is 13.2. The minimum absolute atomic E-state index is 1.17. The molecule has 3 heterocycles. The van der Waals surface area contributed by atoms with E-state index in [0.717, 1.165) is 0 Å². The third-order valence-corrected chi connectivity index (χ3v) is 17.0. The predicted octanol–water partition coefficient (Wildman–Crippen LogP) is 10.4. The molecule has 1 aliphatic heterocycles. The number of hydrogen-bond donors (Lipinski definition) is 0. The van der Waals surface area contributed by atoms with Crippen LogP contribution in [0.15, 0.2) is 206 Å². The van der Waals surface area contributed by atoms with Crippen molar-refractivity contribution < 1.29 is 0 Å². The van der Waals surface area contributed by atoms with Crippen LogP contribution in [0.3, 0.4) is 0 Å². The molecule has 2 aromatic heterocycles. The van der Waals surface area contributed by atoms with Crippen LogP contribution in [0.1, 0.15) is 0 Å². The summed E-state index contributed by atoms with van der Waals surface area (Å²) in [4.78, 5) is 0. The fourth-order valence-corrected chi connectivity index (χ4v) is 15.1. The zero-order valence-electron chi connectivity index (χ0n) is 30.0. The predicted molar refractivity (Wildman–Crippen MR) is 235 cm³/mol. The Morgan fingerprint density at radius 3 is 1.49 bits per heavy atom. The second-order valence-electron chi connectivity index (χ2n) is 14.9. The molecule has 0 amide bonds. The van der Waals surface area contributed by atoms with Gasteiger partial charge in [-0.3, -0.25) is 0 Å². The Hall–Kier alpha value is -6.94. The Balaban J connectivity index is 1.16. The van der Waals surface area contributed by atoms with Crippen molar-refractivity contribution >= 4 is 83.2 Å². The van der Waals surface area contributed by atoms with Gasteiger partial charge in [-0.1, -0.05) is 158 Å². The Bertz CT molecular complexity index is 3290. The van der Waals surface area contributed by atoms with Crippen molar-refractivity contribution in [2.75, 3.05) is 0 Å². The molecular formula is C52H34N2Si. The third-order valence-electron chi connectivity index (χ3n) is 12.2. The summed E-state index contributed by atoms with van der Waals surface area (Å²) >= 11 is 0. The maximum absolute atomic E-state index is 2.66. The van der Waals surface area contributed by atoms with E-state index in [2.05, 4.69) is 215 Å². The standard InChI is InChI=1S/C52H34N2Si/c1-2-18-39(19-3-1)55(51-27-12-8-23-43(51)44-24-9-13-28-52(44)55)40-20-14-17-37(32-40)53-47-25-10-6-21-41(47)45-33-46-42-22-7-11-26-48(42)54(50(46)34-49(45)53)38-30-29-35-15-4-5-16-36(35)31-38/h1-34H. The monoisotopic (exact) mass is 714 g/mol. The quantitative estimate of drug-likeness (QED) is 0.161. The summed E-state index contributed by atoms with van der Waals surface area (Å²) in [6.07, 6.45) is 0. The van der Waals surface area contributed by atoms with E-state index in [-0.39, 0.29) is 0 Å². The van der Waals surface area contributed by atoms with Gasteiger partial charge in [-0.25, -0.2) is 0 Å². The first-order chi connectivity index (χ1) is 27.3. The summed E-state index contributed by atoms with van der Waals surface area (Å²) in [5, 5.41) is 13.3. The topological polar surface area (TPSA) is 9.86 Å². The Labute approximate surface area is 319 Å². The highest BCUT2D eigenvalue weighted by atomic mass is 28.3. The highest BCUT2D eigenvalue weighted by molar-refractivity contribution is 7.22. The zero-order valence-corrected chi connectivity index (χ0v) is 31.0. The smallest absolute Gasteiger partial charge is 0.180 e. The van der Waals surface area contributed by atoms with E-state index in [4.69, 9.17) is 0 Å². The van der Waals surface area contributed by atoms with Crippen molar-refractivity contribution in [2.45, 2.75) is 0 Å². The molecule has 0 atom stereocenters. The largest absolute Gasteiger partial charge is 0.309 e. The lowest BCUT2D eigenvalue weighted by molar-refractivity contribution is 1.17. The van der Waals surface area contributed by atoms with Crippen LogP contribution < -0.4 is 20.7 Å². The van der Waals surface area contributed by atoms with E-state index in [0.29, 0.717) is 0 Å². The molecule has 2 nitrogen and oxygen atoms in total. The SMILES string of the molecule is c1ccc([Si]2(c3cccc(-n4c5ccccc5c5cc6c7ccccc7n(-c7ccc8ccccc8c7)c6cc54)c3)c3ccccc3-c3ccccc32)cc1. The summed E-state index contributed by atoms with van der Waals surface area (Å²) in [6, 6.07) is 77.2. The molecular weight excluding hydrogens is 681 g/mol. The van der Waals surface area contributed by atoms with E-state index in [1.807, 2.05) is 0 Å². The number of para-hydroxylation sites is 2. The van der Waals surface area contributed by atoms with Gasteiger partial charge in [0.2, 0.25) is 0 Å². The van der Waals surface area contributed by atoms with E-state index in [1.165, 1.54) is 97.6 Å². The molecule has 55 heavy (non-hydrogen) atoms. The molecule has 1 aliphatic rings. The van der Waals surface area contributed by atoms with Crippen molar-refractivity contribution in [1.29, 1.82) is 0 Å². The summed E-state index contributed by atoms with van der Waals surface area (Å²) in [5.41, 5.74) is 9.92. The first kappa shape index (κ1) is 30.5. The average molecular weight is 715 g/mol. The maximum atomic E-state index is 2.51. The van der Waals surface area contributed by atoms with Crippen molar-refractivity contribution in [3.8, 4) is 22.5 Å². The van der Waals surface area contributed by atoms with Crippen molar-refractivity contribution in [3.05, 3.63) is 206 Å². The maximum Gasteiger partial charge on any atom is 0.180 e. The van der Waals surface area contributed by atoms with Gasteiger partial charge in [0.05, 0.1) is 22.1 Å². The van der Waals surface area contributed by atoms with Crippen LogP contribution in [0.5, 0.6) is 0 Å². The van der Waals surface area contributed by atoms with Gasteiger partial charge in [-0.15, -0.1) is 0 Å². The van der Waals surface area contributed by atoms with Crippen LogP contribution in [0, 0.1) is 0 Å². The fraction of sp³-hybridized carbons (Fsp3) is 0. The molecule has 0 saturated carbocycles. The van der Waals surface area contributed by atoms with Gasteiger partial charge >= 0.3 is 0 Å². The number of fused-ring (bicyclic) bond motifs is 10. The van der Waals surface area contributed by atoms with Crippen molar-refractivity contribution in [1.82, 2.24) is 9.13 Å². The molecule has 0 saturated heterocycles. The van der Waals surface area contributed by atoms with Crippen LogP contribution in [0.25, 0.3) is 76.9 Å². The van der Waals surface area contributed by atoms with Crippen LogP contribution >= 0.6 is 0 Å². The number of aromatic nitrogens is 2. The third kappa shape index (κ3) is 4.19. The Kier molecular flexibility index (Phi) is 6.39. The second kappa shape index (κ2) is 11.5. The van der Waals surface area contributed by atoms with Crippen molar-refractivity contribution in [3.63, 3.8) is 0 Å². The fourth-order valence-electron chi connectivity index (χ4n) is 9.89. The minimum Gasteiger partial charge on any atom is -0.309 e. The van der Waals surface area contributed by atoms with Crippen LogP contribution in [0.2, 0.25) is 0 Å². The van der Waals surface area contributed by atoms with Crippen LogP contribution in [-0.2, 0) is 0 Å². The molecule has 12 rings (SSSR count). The van der Waals surface area contributed by atoms with Crippen LogP contribution in [-0.4, -0.2) is 17.2 Å². The average Bonchev–Trinajstić information content (AvgIpc) is 3.87.